The van der Waals surface area contributed by atoms with Crippen LogP contribution in [0.5, 0.6) is 0 Å². The van der Waals surface area contributed by atoms with E-state index in [4.69, 9.17) is 9.57 Å². The van der Waals surface area contributed by atoms with Gasteiger partial charge in [0.25, 0.3) is 0 Å². The standard InChI is InChI=1S/C11H19NO4/c1-7(13)10-9(11(14)15-2)8-5-3-4-6-12(8)16-10/h7-10,13H,3-6H2,1-2H3/t7-,8-,9+,10-/m1/s1. The third-order valence-corrected chi connectivity index (χ3v) is 3.47. The molecule has 0 spiro atoms. The predicted octanol–water partition coefficient (Wildman–Crippen LogP) is 0.325. The molecule has 0 unspecified atom stereocenters. The van der Waals surface area contributed by atoms with Gasteiger partial charge in [-0.25, -0.2) is 0 Å². The number of carbonyl (C=O) groups is 1. The van der Waals surface area contributed by atoms with E-state index in [0.29, 0.717) is 0 Å². The smallest absolute Gasteiger partial charge is 0.313 e. The SMILES string of the molecule is COC(=O)[C@@H]1[C@@H]([C@@H](C)O)ON2CCCC[C@H]12. The summed E-state index contributed by atoms with van der Waals surface area (Å²) in [5, 5.41) is 11.5. The monoisotopic (exact) mass is 229 g/mol. The minimum Gasteiger partial charge on any atom is -0.469 e. The zero-order valence-corrected chi connectivity index (χ0v) is 9.76. The Morgan fingerprint density at radius 3 is 2.94 bits per heavy atom. The van der Waals surface area contributed by atoms with Crippen LogP contribution in [0.2, 0.25) is 0 Å². The number of carbonyl (C=O) groups excluding carboxylic acids is 1. The van der Waals surface area contributed by atoms with Crippen LogP contribution in [0.25, 0.3) is 0 Å². The largest absolute Gasteiger partial charge is 0.469 e. The summed E-state index contributed by atoms with van der Waals surface area (Å²) in [7, 11) is 1.38. The van der Waals surface area contributed by atoms with Gasteiger partial charge in [-0.3, -0.25) is 9.63 Å². The van der Waals surface area contributed by atoms with Crippen molar-refractivity contribution < 1.29 is 19.5 Å². The molecule has 2 rings (SSSR count). The highest BCUT2D eigenvalue weighted by molar-refractivity contribution is 5.74. The summed E-state index contributed by atoms with van der Waals surface area (Å²) in [6, 6.07) is 0.0702. The highest BCUT2D eigenvalue weighted by Crippen LogP contribution is 2.36. The Morgan fingerprint density at radius 1 is 1.56 bits per heavy atom. The molecule has 0 aromatic rings. The van der Waals surface area contributed by atoms with Gasteiger partial charge in [0.05, 0.1) is 19.3 Å². The van der Waals surface area contributed by atoms with Crippen LogP contribution in [0.1, 0.15) is 26.2 Å². The fourth-order valence-corrected chi connectivity index (χ4v) is 2.68. The number of rotatable bonds is 2. The molecule has 4 atom stereocenters. The molecule has 5 nitrogen and oxygen atoms in total. The Balaban J connectivity index is 2.17. The Hall–Kier alpha value is -0.650. The van der Waals surface area contributed by atoms with E-state index in [0.717, 1.165) is 25.8 Å². The lowest BCUT2D eigenvalue weighted by Crippen LogP contribution is -2.41. The number of ether oxygens (including phenoxy) is 1. The van der Waals surface area contributed by atoms with Crippen molar-refractivity contribution in [1.82, 2.24) is 5.06 Å². The van der Waals surface area contributed by atoms with Crippen LogP contribution in [0.4, 0.5) is 0 Å². The molecule has 2 fully saturated rings. The van der Waals surface area contributed by atoms with E-state index in [1.54, 1.807) is 6.92 Å². The molecule has 0 amide bonds. The Labute approximate surface area is 95.3 Å². The average Bonchev–Trinajstić information content (AvgIpc) is 2.67. The molecule has 92 valence electrons. The zero-order valence-electron chi connectivity index (χ0n) is 9.76. The summed E-state index contributed by atoms with van der Waals surface area (Å²) in [6.45, 7) is 2.49. The maximum Gasteiger partial charge on any atom is 0.313 e. The summed E-state index contributed by atoms with van der Waals surface area (Å²) in [4.78, 5) is 17.4. The molecular formula is C11H19NO4. The summed E-state index contributed by atoms with van der Waals surface area (Å²) in [5.41, 5.74) is 0. The number of aliphatic hydroxyl groups excluding tert-OH is 1. The lowest BCUT2D eigenvalue weighted by molar-refractivity contribution is -0.191. The van der Waals surface area contributed by atoms with Gasteiger partial charge in [0, 0.05) is 6.54 Å². The number of fused-ring (bicyclic) bond motifs is 1. The third kappa shape index (κ3) is 1.95. The Kier molecular flexibility index (Phi) is 3.47. The predicted molar refractivity (Wildman–Crippen MR) is 56.4 cm³/mol. The van der Waals surface area contributed by atoms with Gasteiger partial charge in [-0.1, -0.05) is 6.42 Å². The first-order valence-electron chi connectivity index (χ1n) is 5.84. The van der Waals surface area contributed by atoms with Gasteiger partial charge in [-0.15, -0.1) is 0 Å². The number of hydrogen-bond acceptors (Lipinski definition) is 5. The molecule has 2 aliphatic heterocycles. The maximum atomic E-state index is 11.7. The molecule has 2 saturated heterocycles. The van der Waals surface area contributed by atoms with Crippen molar-refractivity contribution in [3.63, 3.8) is 0 Å². The van der Waals surface area contributed by atoms with Crippen LogP contribution in [0.15, 0.2) is 0 Å². The summed E-state index contributed by atoms with van der Waals surface area (Å²) in [5.74, 6) is -0.634. The minimum absolute atomic E-state index is 0.0702. The van der Waals surface area contributed by atoms with Crippen LogP contribution in [-0.4, -0.2) is 48.0 Å². The topological polar surface area (TPSA) is 59.0 Å². The molecule has 0 aromatic carbocycles. The number of esters is 1. The van der Waals surface area contributed by atoms with Crippen molar-refractivity contribution in [3.05, 3.63) is 0 Å². The first-order valence-corrected chi connectivity index (χ1v) is 5.84. The zero-order chi connectivity index (χ0) is 11.7. The first kappa shape index (κ1) is 11.8. The van der Waals surface area contributed by atoms with Gasteiger partial charge < -0.3 is 9.84 Å². The van der Waals surface area contributed by atoms with E-state index < -0.39 is 12.2 Å². The molecule has 0 aliphatic carbocycles. The number of methoxy groups -OCH3 is 1. The van der Waals surface area contributed by atoms with Gasteiger partial charge in [0.15, 0.2) is 0 Å². The molecule has 0 saturated carbocycles. The lowest BCUT2D eigenvalue weighted by Gasteiger charge is -2.28. The summed E-state index contributed by atoms with van der Waals surface area (Å²) >= 11 is 0. The number of aliphatic hydroxyl groups is 1. The molecule has 1 N–H and O–H groups in total. The minimum atomic E-state index is -0.658. The van der Waals surface area contributed by atoms with Crippen molar-refractivity contribution in [2.45, 2.75) is 44.4 Å². The average molecular weight is 229 g/mol. The highest BCUT2D eigenvalue weighted by Gasteiger charge is 2.50. The normalized spacial score (nSPS) is 36.8. The summed E-state index contributed by atoms with van der Waals surface area (Å²) in [6.07, 6.45) is 2.00. The van der Waals surface area contributed by atoms with Crippen LogP contribution in [0.3, 0.4) is 0 Å². The molecule has 2 heterocycles. The van der Waals surface area contributed by atoms with Crippen LogP contribution < -0.4 is 0 Å². The van der Waals surface area contributed by atoms with E-state index in [1.165, 1.54) is 7.11 Å². The van der Waals surface area contributed by atoms with Gasteiger partial charge in [-0.2, -0.15) is 5.06 Å². The summed E-state index contributed by atoms with van der Waals surface area (Å²) < 4.78 is 4.81. The number of piperidine rings is 1. The molecule has 0 aromatic heterocycles. The van der Waals surface area contributed by atoms with Crippen molar-refractivity contribution in [3.8, 4) is 0 Å². The Bertz CT molecular complexity index is 267. The molecule has 0 bridgehead atoms. The van der Waals surface area contributed by atoms with Gasteiger partial charge >= 0.3 is 5.97 Å². The van der Waals surface area contributed by atoms with E-state index in [9.17, 15) is 9.90 Å². The fourth-order valence-electron chi connectivity index (χ4n) is 2.68. The third-order valence-electron chi connectivity index (χ3n) is 3.47. The fraction of sp³-hybridized carbons (Fsp3) is 0.909. The van der Waals surface area contributed by atoms with Gasteiger partial charge in [0.2, 0.25) is 0 Å². The quantitative estimate of drug-likeness (QED) is 0.691. The second kappa shape index (κ2) is 4.69. The van der Waals surface area contributed by atoms with Gasteiger partial charge in [-0.05, 0) is 19.8 Å². The van der Waals surface area contributed by atoms with E-state index >= 15 is 0 Å². The second-order valence-corrected chi connectivity index (χ2v) is 4.56. The molecule has 5 heteroatoms. The van der Waals surface area contributed by atoms with E-state index in [-0.39, 0.29) is 17.9 Å². The second-order valence-electron chi connectivity index (χ2n) is 4.56. The van der Waals surface area contributed by atoms with Crippen molar-refractivity contribution >= 4 is 5.97 Å². The van der Waals surface area contributed by atoms with E-state index in [2.05, 4.69) is 0 Å². The first-order chi connectivity index (χ1) is 7.65. The van der Waals surface area contributed by atoms with Gasteiger partial charge in [0.1, 0.15) is 12.0 Å². The maximum absolute atomic E-state index is 11.7. The number of hydroxylamine groups is 2. The van der Waals surface area contributed by atoms with Crippen LogP contribution in [-0.2, 0) is 14.4 Å². The number of nitrogens with zero attached hydrogens (tertiary/aromatic N) is 1. The molecule has 2 aliphatic rings. The highest BCUT2D eigenvalue weighted by atomic mass is 16.7. The molecule has 0 radical (unpaired) electrons. The van der Waals surface area contributed by atoms with Crippen LogP contribution in [0, 0.1) is 5.92 Å². The van der Waals surface area contributed by atoms with E-state index in [1.807, 2.05) is 5.06 Å². The van der Waals surface area contributed by atoms with Crippen molar-refractivity contribution in [1.29, 1.82) is 0 Å². The van der Waals surface area contributed by atoms with Crippen molar-refractivity contribution in [2.75, 3.05) is 13.7 Å². The lowest BCUT2D eigenvalue weighted by atomic mass is 9.87. The van der Waals surface area contributed by atoms with Crippen LogP contribution >= 0.6 is 0 Å². The van der Waals surface area contributed by atoms with Crippen molar-refractivity contribution in [2.24, 2.45) is 5.92 Å². The molecular weight excluding hydrogens is 210 g/mol. The Morgan fingerprint density at radius 2 is 2.31 bits per heavy atom. The number of hydrogen-bond donors (Lipinski definition) is 1. The molecule has 16 heavy (non-hydrogen) atoms.